The first-order valence-electron chi connectivity index (χ1n) is 6.59. The van der Waals surface area contributed by atoms with E-state index in [1.54, 1.807) is 0 Å². The molecule has 98 valence electrons. The van der Waals surface area contributed by atoms with Crippen LogP contribution in [0.3, 0.4) is 0 Å². The fourth-order valence-corrected chi connectivity index (χ4v) is 2.87. The second-order valence-corrected chi connectivity index (χ2v) is 6.23. The summed E-state index contributed by atoms with van der Waals surface area (Å²) in [5.74, 6) is 1.04. The lowest BCUT2D eigenvalue weighted by atomic mass is 9.98. The first-order chi connectivity index (χ1) is 8.56. The quantitative estimate of drug-likeness (QED) is 0.818. The van der Waals surface area contributed by atoms with Crippen molar-refractivity contribution in [3.05, 3.63) is 33.8 Å². The Morgan fingerprint density at radius 2 is 2.06 bits per heavy atom. The molecule has 1 fully saturated rings. The number of hydrogen-bond donors (Lipinski definition) is 0. The van der Waals surface area contributed by atoms with Crippen LogP contribution >= 0.6 is 15.9 Å². The van der Waals surface area contributed by atoms with Crippen LogP contribution in [-0.2, 0) is 11.2 Å². The average Bonchev–Trinajstić information content (AvgIpc) is 2.33. The summed E-state index contributed by atoms with van der Waals surface area (Å²) < 4.78 is 1.07. The highest BCUT2D eigenvalue weighted by Gasteiger charge is 2.20. The topological polar surface area (TPSA) is 20.3 Å². The summed E-state index contributed by atoms with van der Waals surface area (Å²) >= 11 is 3.45. The van der Waals surface area contributed by atoms with Crippen molar-refractivity contribution in [3.8, 4) is 0 Å². The van der Waals surface area contributed by atoms with Crippen molar-refractivity contribution in [2.45, 2.75) is 33.1 Å². The zero-order valence-electron chi connectivity index (χ0n) is 11.1. The molecular formula is C15H20BrNO. The van der Waals surface area contributed by atoms with Gasteiger partial charge in [-0.2, -0.15) is 0 Å². The number of rotatable bonds is 2. The Hall–Kier alpha value is -0.830. The lowest BCUT2D eigenvalue weighted by Crippen LogP contribution is -2.38. The summed E-state index contributed by atoms with van der Waals surface area (Å²) in [4.78, 5) is 14.2. The lowest BCUT2D eigenvalue weighted by Gasteiger charge is -2.30. The van der Waals surface area contributed by atoms with Gasteiger partial charge in [0.1, 0.15) is 0 Å². The van der Waals surface area contributed by atoms with Crippen LogP contribution in [0, 0.1) is 12.8 Å². The van der Waals surface area contributed by atoms with Gasteiger partial charge in [0.2, 0.25) is 5.91 Å². The van der Waals surface area contributed by atoms with E-state index in [0.717, 1.165) is 41.9 Å². The van der Waals surface area contributed by atoms with Gasteiger partial charge in [-0.15, -0.1) is 0 Å². The van der Waals surface area contributed by atoms with E-state index < -0.39 is 0 Å². The second-order valence-electron chi connectivity index (χ2n) is 5.31. The van der Waals surface area contributed by atoms with Gasteiger partial charge < -0.3 is 4.90 Å². The van der Waals surface area contributed by atoms with Gasteiger partial charge in [0, 0.05) is 17.6 Å². The molecule has 0 spiro atoms. The van der Waals surface area contributed by atoms with Gasteiger partial charge in [-0.1, -0.05) is 28.9 Å². The number of piperidine rings is 1. The number of hydrogen-bond acceptors (Lipinski definition) is 1. The van der Waals surface area contributed by atoms with Gasteiger partial charge in [0.05, 0.1) is 6.42 Å². The number of halogens is 1. The van der Waals surface area contributed by atoms with Crippen molar-refractivity contribution in [2.24, 2.45) is 5.92 Å². The van der Waals surface area contributed by atoms with Crippen LogP contribution in [0.15, 0.2) is 22.7 Å². The van der Waals surface area contributed by atoms with Crippen LogP contribution in [0.1, 0.15) is 30.9 Å². The maximum Gasteiger partial charge on any atom is 0.226 e. The van der Waals surface area contributed by atoms with Crippen LogP contribution in [0.25, 0.3) is 0 Å². The molecule has 0 unspecified atom stereocenters. The summed E-state index contributed by atoms with van der Waals surface area (Å²) in [7, 11) is 0. The van der Waals surface area contributed by atoms with Crippen molar-refractivity contribution >= 4 is 21.8 Å². The highest BCUT2D eigenvalue weighted by molar-refractivity contribution is 9.10. The Morgan fingerprint density at radius 3 is 2.67 bits per heavy atom. The Balaban J connectivity index is 1.98. The van der Waals surface area contributed by atoms with E-state index in [9.17, 15) is 4.79 Å². The summed E-state index contributed by atoms with van der Waals surface area (Å²) in [6, 6.07) is 6.12. The summed E-state index contributed by atoms with van der Waals surface area (Å²) in [5.41, 5.74) is 2.32. The van der Waals surface area contributed by atoms with E-state index in [1.165, 1.54) is 5.56 Å². The standard InChI is InChI=1S/C15H20BrNO/c1-11-5-7-17(8-6-11)15(18)10-13-3-4-14(16)9-12(13)2/h3-4,9,11H,5-8,10H2,1-2H3. The average molecular weight is 310 g/mol. The van der Waals surface area contributed by atoms with E-state index in [-0.39, 0.29) is 5.91 Å². The molecule has 1 aliphatic heterocycles. The zero-order valence-corrected chi connectivity index (χ0v) is 12.7. The molecule has 0 saturated carbocycles. The van der Waals surface area contributed by atoms with Crippen molar-refractivity contribution in [1.82, 2.24) is 4.90 Å². The first-order valence-corrected chi connectivity index (χ1v) is 7.38. The highest BCUT2D eigenvalue weighted by atomic mass is 79.9. The Kier molecular flexibility index (Phi) is 4.44. The smallest absolute Gasteiger partial charge is 0.226 e. The molecule has 3 heteroatoms. The minimum absolute atomic E-state index is 0.271. The van der Waals surface area contributed by atoms with E-state index in [0.29, 0.717) is 6.42 Å². The molecule has 1 aliphatic rings. The third kappa shape index (κ3) is 3.35. The molecule has 0 aliphatic carbocycles. The predicted octanol–water partition coefficient (Wildman–Crippen LogP) is 3.56. The first kappa shape index (κ1) is 13.6. The van der Waals surface area contributed by atoms with E-state index in [1.807, 2.05) is 17.0 Å². The molecule has 0 atom stereocenters. The van der Waals surface area contributed by atoms with Crippen molar-refractivity contribution in [2.75, 3.05) is 13.1 Å². The third-order valence-corrected chi connectivity index (χ3v) is 4.28. The lowest BCUT2D eigenvalue weighted by molar-refractivity contribution is -0.131. The van der Waals surface area contributed by atoms with Gasteiger partial charge in [-0.05, 0) is 48.9 Å². The fourth-order valence-electron chi connectivity index (χ4n) is 2.39. The van der Waals surface area contributed by atoms with E-state index >= 15 is 0 Å². The normalized spacial score (nSPS) is 16.9. The van der Waals surface area contributed by atoms with Gasteiger partial charge in [0.15, 0.2) is 0 Å². The summed E-state index contributed by atoms with van der Waals surface area (Å²) in [5, 5.41) is 0. The van der Waals surface area contributed by atoms with Crippen LogP contribution in [0.5, 0.6) is 0 Å². The van der Waals surface area contributed by atoms with Crippen molar-refractivity contribution < 1.29 is 4.79 Å². The minimum Gasteiger partial charge on any atom is -0.342 e. The summed E-state index contributed by atoms with van der Waals surface area (Å²) in [6.45, 7) is 6.18. The van der Waals surface area contributed by atoms with E-state index in [2.05, 4.69) is 35.8 Å². The second kappa shape index (κ2) is 5.87. The van der Waals surface area contributed by atoms with E-state index in [4.69, 9.17) is 0 Å². The fraction of sp³-hybridized carbons (Fsp3) is 0.533. The molecule has 0 bridgehead atoms. The van der Waals surface area contributed by atoms with Gasteiger partial charge in [-0.25, -0.2) is 0 Å². The molecule has 1 saturated heterocycles. The molecule has 2 rings (SSSR count). The molecule has 1 aromatic rings. The Labute approximate surface area is 117 Å². The van der Waals surface area contributed by atoms with Gasteiger partial charge in [-0.3, -0.25) is 4.79 Å². The van der Waals surface area contributed by atoms with Crippen LogP contribution in [0.2, 0.25) is 0 Å². The minimum atomic E-state index is 0.271. The third-order valence-electron chi connectivity index (χ3n) is 3.78. The number of likely N-dealkylation sites (tertiary alicyclic amines) is 1. The molecule has 0 aromatic heterocycles. The number of amides is 1. The number of benzene rings is 1. The Bertz CT molecular complexity index is 436. The molecule has 1 aromatic carbocycles. The van der Waals surface area contributed by atoms with Crippen LogP contribution in [0.4, 0.5) is 0 Å². The molecule has 0 radical (unpaired) electrons. The summed E-state index contributed by atoms with van der Waals surface area (Å²) in [6.07, 6.45) is 2.82. The number of nitrogens with zero attached hydrogens (tertiary/aromatic N) is 1. The number of aryl methyl sites for hydroxylation is 1. The van der Waals surface area contributed by atoms with Crippen LogP contribution in [-0.4, -0.2) is 23.9 Å². The molecular weight excluding hydrogens is 290 g/mol. The zero-order chi connectivity index (χ0) is 13.1. The van der Waals surface area contributed by atoms with Gasteiger partial charge >= 0.3 is 0 Å². The number of carbonyl (C=O) groups is 1. The maximum absolute atomic E-state index is 12.2. The SMILES string of the molecule is Cc1cc(Br)ccc1CC(=O)N1CCC(C)CC1. The molecule has 0 N–H and O–H groups in total. The monoisotopic (exact) mass is 309 g/mol. The molecule has 18 heavy (non-hydrogen) atoms. The highest BCUT2D eigenvalue weighted by Crippen LogP contribution is 2.19. The predicted molar refractivity (Wildman–Crippen MR) is 77.6 cm³/mol. The van der Waals surface area contributed by atoms with Gasteiger partial charge in [0.25, 0.3) is 0 Å². The number of carbonyl (C=O) groups excluding carboxylic acids is 1. The van der Waals surface area contributed by atoms with Crippen molar-refractivity contribution in [3.63, 3.8) is 0 Å². The molecule has 1 heterocycles. The molecule has 2 nitrogen and oxygen atoms in total. The largest absolute Gasteiger partial charge is 0.342 e. The molecule has 1 amide bonds. The van der Waals surface area contributed by atoms with Crippen molar-refractivity contribution in [1.29, 1.82) is 0 Å². The maximum atomic E-state index is 12.2. The Morgan fingerprint density at radius 1 is 1.39 bits per heavy atom. The van der Waals surface area contributed by atoms with Crippen LogP contribution < -0.4 is 0 Å².